The molecule has 0 saturated carbocycles. The van der Waals surface area contributed by atoms with E-state index in [1.165, 1.54) is 0 Å². The van der Waals surface area contributed by atoms with Crippen LogP contribution in [0, 0.1) is 5.82 Å². The molecule has 0 aliphatic carbocycles. The molecule has 0 aromatic heterocycles. The predicted octanol–water partition coefficient (Wildman–Crippen LogP) is 5.77. The maximum Gasteiger partial charge on any atom is 0.506 e. The molecule has 2 N–H and O–H groups in total. The molecule has 2 aromatic rings. The third kappa shape index (κ3) is 5.75. The van der Waals surface area contributed by atoms with Crippen LogP contribution in [-0.2, 0) is 26.0 Å². The molecule has 0 radical (unpaired) electrons. The summed E-state index contributed by atoms with van der Waals surface area (Å²) in [5, 5.41) is 12.3. The Morgan fingerprint density at radius 3 is 2.33 bits per heavy atom. The van der Waals surface area contributed by atoms with Crippen molar-refractivity contribution in [3.05, 3.63) is 57.3 Å². The molecule has 0 spiro atoms. The van der Waals surface area contributed by atoms with E-state index in [2.05, 4.69) is 21.0 Å². The van der Waals surface area contributed by atoms with Gasteiger partial charge in [0, 0.05) is 42.2 Å². The van der Waals surface area contributed by atoms with Crippen LogP contribution in [0.25, 0.3) is 0 Å². The third-order valence-electron chi connectivity index (χ3n) is 7.79. The normalized spacial score (nSPS) is 23.0. The SMILES string of the molecule is CC(C)(C)OC(=O)O.CC1(C)OB(c2c(Cl)c(F)cc3c2CC2(c4cccc(Cl)c4)CNCCN32)OC1(C)C. The number of hydrogen-bond acceptors (Lipinski definition) is 6. The fraction of sp³-hybridized carbons (Fsp3) is 0.536. The zero-order valence-corrected chi connectivity index (χ0v) is 25.0. The lowest BCUT2D eigenvalue weighted by molar-refractivity contribution is 0.00578. The molecule has 3 aliphatic heterocycles. The first-order chi connectivity index (χ1) is 18.0. The average Bonchev–Trinajstić information content (AvgIpc) is 3.23. The monoisotopic (exact) mass is 580 g/mol. The van der Waals surface area contributed by atoms with Gasteiger partial charge in [-0.3, -0.25) is 0 Å². The molecule has 2 saturated heterocycles. The van der Waals surface area contributed by atoms with E-state index >= 15 is 4.39 Å². The van der Waals surface area contributed by atoms with Gasteiger partial charge in [-0.15, -0.1) is 0 Å². The number of hydrogen-bond donors (Lipinski definition) is 2. The largest absolute Gasteiger partial charge is 0.506 e. The van der Waals surface area contributed by atoms with Crippen molar-refractivity contribution in [2.24, 2.45) is 0 Å². The Kier molecular flexibility index (Phi) is 8.00. The summed E-state index contributed by atoms with van der Waals surface area (Å²) in [6.45, 7) is 15.3. The molecule has 3 heterocycles. The molecular formula is C28H36BCl2FN2O5. The second kappa shape index (κ2) is 10.4. The molecule has 11 heteroatoms. The Hall–Kier alpha value is -2.04. The fourth-order valence-electron chi connectivity index (χ4n) is 5.30. The minimum Gasteiger partial charge on any atom is -0.450 e. The van der Waals surface area contributed by atoms with Gasteiger partial charge in [-0.2, -0.15) is 0 Å². The summed E-state index contributed by atoms with van der Waals surface area (Å²) in [7, 11) is -0.729. The third-order valence-corrected chi connectivity index (χ3v) is 8.41. The number of nitrogens with zero attached hydrogens (tertiary/aromatic N) is 1. The minimum absolute atomic E-state index is 0.0753. The smallest absolute Gasteiger partial charge is 0.450 e. The molecular weight excluding hydrogens is 545 g/mol. The van der Waals surface area contributed by atoms with Crippen LogP contribution < -0.4 is 15.7 Å². The van der Waals surface area contributed by atoms with Crippen LogP contribution in [-0.4, -0.2) is 54.8 Å². The number of benzene rings is 2. The van der Waals surface area contributed by atoms with Crippen LogP contribution in [0.3, 0.4) is 0 Å². The lowest BCUT2D eigenvalue weighted by atomic mass is 9.73. The van der Waals surface area contributed by atoms with Gasteiger partial charge >= 0.3 is 13.3 Å². The van der Waals surface area contributed by atoms with Gasteiger partial charge in [-0.05, 0) is 77.8 Å². The number of rotatable bonds is 2. The van der Waals surface area contributed by atoms with Gasteiger partial charge in [0.2, 0.25) is 0 Å². The average molecular weight is 581 g/mol. The van der Waals surface area contributed by atoms with Gasteiger partial charge in [-0.1, -0.05) is 35.3 Å². The van der Waals surface area contributed by atoms with Crippen LogP contribution in [0.5, 0.6) is 0 Å². The van der Waals surface area contributed by atoms with Crippen LogP contribution >= 0.6 is 23.2 Å². The number of fused-ring (bicyclic) bond motifs is 3. The lowest BCUT2D eigenvalue weighted by Crippen LogP contribution is -2.58. The molecule has 0 bridgehead atoms. The number of halogens is 3. The molecule has 3 aliphatic rings. The summed E-state index contributed by atoms with van der Waals surface area (Å²) in [6.07, 6.45) is -0.563. The van der Waals surface area contributed by atoms with E-state index in [0.717, 1.165) is 36.4 Å². The van der Waals surface area contributed by atoms with E-state index in [1.807, 2.05) is 45.9 Å². The molecule has 212 valence electrons. The van der Waals surface area contributed by atoms with Crippen molar-refractivity contribution in [3.63, 3.8) is 0 Å². The number of ether oxygens (including phenoxy) is 1. The van der Waals surface area contributed by atoms with Crippen molar-refractivity contribution in [2.45, 2.75) is 77.2 Å². The van der Waals surface area contributed by atoms with Crippen molar-refractivity contribution in [2.75, 3.05) is 24.5 Å². The molecule has 39 heavy (non-hydrogen) atoms. The summed E-state index contributed by atoms with van der Waals surface area (Å²) in [6, 6.07) is 9.48. The minimum atomic E-state index is -1.22. The van der Waals surface area contributed by atoms with E-state index in [4.69, 9.17) is 37.6 Å². The molecule has 5 rings (SSSR count). The Balaban J connectivity index is 0.000000386. The predicted molar refractivity (Wildman–Crippen MR) is 153 cm³/mol. The quantitative estimate of drug-likeness (QED) is 0.344. The second-order valence-corrected chi connectivity index (χ2v) is 13.0. The van der Waals surface area contributed by atoms with Crippen molar-refractivity contribution in [1.29, 1.82) is 0 Å². The highest BCUT2D eigenvalue weighted by Gasteiger charge is 2.55. The number of anilines is 1. The number of carboxylic acid groups (broad SMARTS) is 1. The maximum absolute atomic E-state index is 15.1. The molecule has 2 fully saturated rings. The molecule has 1 unspecified atom stereocenters. The van der Waals surface area contributed by atoms with Gasteiger partial charge in [0.1, 0.15) is 11.4 Å². The van der Waals surface area contributed by atoms with Gasteiger partial charge in [0.15, 0.2) is 0 Å². The summed E-state index contributed by atoms with van der Waals surface area (Å²) < 4.78 is 32.1. The van der Waals surface area contributed by atoms with Crippen molar-refractivity contribution < 1.29 is 28.3 Å². The van der Waals surface area contributed by atoms with Gasteiger partial charge in [0.05, 0.1) is 21.8 Å². The first-order valence-electron chi connectivity index (χ1n) is 13.0. The van der Waals surface area contributed by atoms with Gasteiger partial charge in [-0.25, -0.2) is 9.18 Å². The lowest BCUT2D eigenvalue weighted by Gasteiger charge is -2.45. The van der Waals surface area contributed by atoms with Crippen LogP contribution in [0.1, 0.15) is 59.6 Å². The highest BCUT2D eigenvalue weighted by molar-refractivity contribution is 6.66. The van der Waals surface area contributed by atoms with Gasteiger partial charge < -0.3 is 29.4 Å². The standard InChI is InChI=1S/C23H26BCl2FN2O2.C5H10O3/c1-21(2)22(3,4)31-24(30-21)19-16-12-23(14-6-5-7-15(25)10-14)13-28-8-9-29(23)18(16)11-17(27)20(19)26;1-5(2,3)8-4(6)7/h5-7,10-11,28H,8-9,12-13H2,1-4H3;1-3H3,(H,6,7). The molecule has 1 atom stereocenters. The van der Waals surface area contributed by atoms with Crippen molar-refractivity contribution in [3.8, 4) is 0 Å². The van der Waals surface area contributed by atoms with E-state index in [0.29, 0.717) is 16.9 Å². The van der Waals surface area contributed by atoms with E-state index in [-0.39, 0.29) is 10.6 Å². The fourth-order valence-corrected chi connectivity index (χ4v) is 5.75. The maximum atomic E-state index is 15.1. The second-order valence-electron chi connectivity index (χ2n) is 12.2. The first kappa shape index (κ1) is 29.9. The van der Waals surface area contributed by atoms with Crippen LogP contribution in [0.2, 0.25) is 10.0 Å². The van der Waals surface area contributed by atoms with E-state index in [9.17, 15) is 4.79 Å². The Bertz CT molecular complexity index is 1250. The topological polar surface area (TPSA) is 80.3 Å². The highest BCUT2D eigenvalue weighted by Crippen LogP contribution is 2.48. The Labute approximate surface area is 240 Å². The van der Waals surface area contributed by atoms with Gasteiger partial charge in [0.25, 0.3) is 0 Å². The zero-order valence-electron chi connectivity index (χ0n) is 23.5. The summed E-state index contributed by atoms with van der Waals surface area (Å²) >= 11 is 12.9. The summed E-state index contributed by atoms with van der Waals surface area (Å²) in [5.41, 5.74) is 1.50. The molecule has 7 nitrogen and oxygen atoms in total. The highest BCUT2D eigenvalue weighted by atomic mass is 35.5. The number of carbonyl (C=O) groups is 1. The van der Waals surface area contributed by atoms with Crippen molar-refractivity contribution in [1.82, 2.24) is 5.32 Å². The summed E-state index contributed by atoms with van der Waals surface area (Å²) in [5.74, 6) is -0.453. The molecule has 2 aromatic carbocycles. The first-order valence-corrected chi connectivity index (χ1v) is 13.8. The summed E-state index contributed by atoms with van der Waals surface area (Å²) in [4.78, 5) is 12.1. The number of piperazine rings is 1. The van der Waals surface area contributed by atoms with Crippen LogP contribution in [0.15, 0.2) is 30.3 Å². The van der Waals surface area contributed by atoms with E-state index in [1.54, 1.807) is 26.8 Å². The zero-order chi connectivity index (χ0) is 29.0. The van der Waals surface area contributed by atoms with Crippen molar-refractivity contribution >= 4 is 47.6 Å². The van der Waals surface area contributed by atoms with Crippen LogP contribution in [0.4, 0.5) is 14.9 Å². The van der Waals surface area contributed by atoms with E-state index < -0.39 is 35.9 Å². The Morgan fingerprint density at radius 2 is 1.79 bits per heavy atom. The molecule has 0 amide bonds. The number of nitrogens with one attached hydrogen (secondary N) is 1. The Morgan fingerprint density at radius 1 is 1.15 bits per heavy atom.